The standard InChI is InChI=1S/C14H18N2O4/c1-8-11(14(17)18)12(16(2)15-8)9-6-5-7-10(19-3)13(9)20-4/h5-7,11-12H,1-4H3,(H,17,18). The van der Waals surface area contributed by atoms with E-state index in [0.717, 1.165) is 5.56 Å². The number of para-hydroxylation sites is 1. The Morgan fingerprint density at radius 3 is 2.60 bits per heavy atom. The second-order valence-corrected chi connectivity index (χ2v) is 4.66. The van der Waals surface area contributed by atoms with Crippen molar-refractivity contribution < 1.29 is 19.4 Å². The summed E-state index contributed by atoms with van der Waals surface area (Å²) in [5, 5.41) is 15.4. The highest BCUT2D eigenvalue weighted by Crippen LogP contribution is 2.42. The van der Waals surface area contributed by atoms with Gasteiger partial charge in [0.15, 0.2) is 11.5 Å². The number of hydrazone groups is 1. The number of nitrogens with zero attached hydrogens (tertiary/aromatic N) is 2. The van der Waals surface area contributed by atoms with Crippen molar-refractivity contribution in [3.63, 3.8) is 0 Å². The number of carboxylic acid groups (broad SMARTS) is 1. The molecule has 0 bridgehead atoms. The fourth-order valence-electron chi connectivity index (χ4n) is 2.66. The molecule has 6 heteroatoms. The maximum Gasteiger partial charge on any atom is 0.314 e. The molecule has 1 aliphatic heterocycles. The van der Waals surface area contributed by atoms with Crippen LogP contribution in [0.2, 0.25) is 0 Å². The monoisotopic (exact) mass is 278 g/mol. The van der Waals surface area contributed by atoms with E-state index >= 15 is 0 Å². The molecule has 0 saturated heterocycles. The average Bonchev–Trinajstić information content (AvgIpc) is 2.72. The first kappa shape index (κ1) is 14.2. The zero-order chi connectivity index (χ0) is 14.9. The molecule has 0 aromatic heterocycles. The maximum absolute atomic E-state index is 11.5. The van der Waals surface area contributed by atoms with Gasteiger partial charge in [-0.1, -0.05) is 12.1 Å². The lowest BCUT2D eigenvalue weighted by Crippen LogP contribution is -2.29. The van der Waals surface area contributed by atoms with Gasteiger partial charge in [0.1, 0.15) is 5.92 Å². The lowest BCUT2D eigenvalue weighted by molar-refractivity contribution is -0.140. The Bertz CT molecular complexity index is 556. The molecule has 0 spiro atoms. The molecule has 0 amide bonds. The summed E-state index contributed by atoms with van der Waals surface area (Å²) in [5.41, 5.74) is 1.33. The van der Waals surface area contributed by atoms with Crippen molar-refractivity contribution in [3.05, 3.63) is 23.8 Å². The molecule has 1 aromatic rings. The third-order valence-electron chi connectivity index (χ3n) is 3.50. The van der Waals surface area contributed by atoms with Crippen LogP contribution in [0.1, 0.15) is 18.5 Å². The number of carboxylic acids is 1. The fraction of sp³-hybridized carbons (Fsp3) is 0.429. The molecule has 2 unspecified atom stereocenters. The molecule has 108 valence electrons. The van der Waals surface area contributed by atoms with E-state index in [0.29, 0.717) is 17.2 Å². The number of methoxy groups -OCH3 is 2. The van der Waals surface area contributed by atoms with E-state index in [1.165, 1.54) is 0 Å². The molecule has 1 aliphatic rings. The van der Waals surface area contributed by atoms with Gasteiger partial charge in [0.25, 0.3) is 0 Å². The summed E-state index contributed by atoms with van der Waals surface area (Å²) in [5.74, 6) is -0.471. The Balaban J connectivity index is 2.53. The van der Waals surface area contributed by atoms with Crippen molar-refractivity contribution in [2.75, 3.05) is 21.3 Å². The van der Waals surface area contributed by atoms with E-state index in [9.17, 15) is 9.90 Å². The molecule has 20 heavy (non-hydrogen) atoms. The van der Waals surface area contributed by atoms with Gasteiger partial charge >= 0.3 is 5.97 Å². The Kier molecular flexibility index (Phi) is 3.83. The van der Waals surface area contributed by atoms with Crippen LogP contribution in [0.5, 0.6) is 11.5 Å². The molecule has 0 aliphatic carbocycles. The van der Waals surface area contributed by atoms with Gasteiger partial charge < -0.3 is 14.6 Å². The van der Waals surface area contributed by atoms with Crippen LogP contribution < -0.4 is 9.47 Å². The van der Waals surface area contributed by atoms with Crippen LogP contribution >= 0.6 is 0 Å². The van der Waals surface area contributed by atoms with E-state index in [-0.39, 0.29) is 0 Å². The second kappa shape index (κ2) is 5.40. The van der Waals surface area contributed by atoms with E-state index in [1.807, 2.05) is 12.1 Å². The van der Waals surface area contributed by atoms with Gasteiger partial charge in [0.2, 0.25) is 0 Å². The Morgan fingerprint density at radius 1 is 1.35 bits per heavy atom. The number of ether oxygens (including phenoxy) is 2. The first-order valence-corrected chi connectivity index (χ1v) is 6.22. The summed E-state index contributed by atoms with van der Waals surface area (Å²) in [6.45, 7) is 1.72. The number of benzene rings is 1. The largest absolute Gasteiger partial charge is 0.493 e. The lowest BCUT2D eigenvalue weighted by atomic mass is 9.90. The molecule has 1 heterocycles. The number of aliphatic carboxylic acids is 1. The van der Waals surface area contributed by atoms with Crippen molar-refractivity contribution in [2.24, 2.45) is 11.0 Å². The molecule has 0 saturated carbocycles. The van der Waals surface area contributed by atoms with E-state index in [4.69, 9.17) is 9.47 Å². The molecular weight excluding hydrogens is 260 g/mol. The van der Waals surface area contributed by atoms with Gasteiger partial charge in [0, 0.05) is 12.6 Å². The van der Waals surface area contributed by atoms with Crippen LogP contribution in [0.15, 0.2) is 23.3 Å². The summed E-state index contributed by atoms with van der Waals surface area (Å²) in [4.78, 5) is 11.5. The fourth-order valence-corrected chi connectivity index (χ4v) is 2.66. The predicted octanol–water partition coefficient (Wildman–Crippen LogP) is 1.77. The number of hydrogen-bond acceptors (Lipinski definition) is 5. The van der Waals surface area contributed by atoms with Crippen LogP contribution in [0.3, 0.4) is 0 Å². The Hall–Kier alpha value is -2.24. The molecule has 1 aromatic carbocycles. The second-order valence-electron chi connectivity index (χ2n) is 4.66. The summed E-state index contributed by atoms with van der Waals surface area (Å²) in [7, 11) is 4.85. The highest BCUT2D eigenvalue weighted by Gasteiger charge is 2.41. The molecule has 1 N–H and O–H groups in total. The van der Waals surface area contributed by atoms with Gasteiger partial charge in [0.05, 0.1) is 26.0 Å². The van der Waals surface area contributed by atoms with Gasteiger partial charge in [-0.25, -0.2) is 0 Å². The van der Waals surface area contributed by atoms with Crippen molar-refractivity contribution in [1.29, 1.82) is 0 Å². The minimum Gasteiger partial charge on any atom is -0.493 e. The Morgan fingerprint density at radius 2 is 2.05 bits per heavy atom. The Labute approximate surface area is 117 Å². The van der Waals surface area contributed by atoms with Crippen LogP contribution in [0.4, 0.5) is 0 Å². The van der Waals surface area contributed by atoms with E-state index in [2.05, 4.69) is 5.10 Å². The number of rotatable bonds is 4. The summed E-state index contributed by atoms with van der Waals surface area (Å²) < 4.78 is 10.7. The summed E-state index contributed by atoms with van der Waals surface area (Å²) >= 11 is 0. The molecule has 0 radical (unpaired) electrons. The van der Waals surface area contributed by atoms with E-state index < -0.39 is 17.9 Å². The normalized spacial score (nSPS) is 21.6. The first-order chi connectivity index (χ1) is 9.51. The van der Waals surface area contributed by atoms with Gasteiger partial charge in [-0.15, -0.1) is 0 Å². The molecule has 2 rings (SSSR count). The third-order valence-corrected chi connectivity index (χ3v) is 3.50. The van der Waals surface area contributed by atoms with Crippen molar-refractivity contribution in [1.82, 2.24) is 5.01 Å². The topological polar surface area (TPSA) is 71.4 Å². The lowest BCUT2D eigenvalue weighted by Gasteiger charge is -2.25. The molecule has 6 nitrogen and oxygen atoms in total. The minimum absolute atomic E-state index is 0.405. The highest BCUT2D eigenvalue weighted by molar-refractivity contribution is 6.02. The third kappa shape index (κ3) is 2.17. The molecule has 0 fully saturated rings. The van der Waals surface area contributed by atoms with Crippen molar-refractivity contribution in [2.45, 2.75) is 13.0 Å². The maximum atomic E-state index is 11.5. The number of hydrogen-bond donors (Lipinski definition) is 1. The van der Waals surface area contributed by atoms with Crippen molar-refractivity contribution in [3.8, 4) is 11.5 Å². The average molecular weight is 278 g/mol. The highest BCUT2D eigenvalue weighted by atomic mass is 16.5. The van der Waals surface area contributed by atoms with Crippen molar-refractivity contribution >= 4 is 11.7 Å². The van der Waals surface area contributed by atoms with Crippen LogP contribution in [-0.4, -0.2) is 43.1 Å². The summed E-state index contributed by atoms with van der Waals surface area (Å²) in [6.07, 6.45) is 0. The quantitative estimate of drug-likeness (QED) is 0.908. The SMILES string of the molecule is COc1cccc(C2C(C(=O)O)C(C)=NN2C)c1OC. The van der Waals surface area contributed by atoms with Crippen LogP contribution in [0, 0.1) is 5.92 Å². The minimum atomic E-state index is -0.898. The van der Waals surface area contributed by atoms with Gasteiger partial charge in [-0.2, -0.15) is 5.10 Å². The zero-order valence-corrected chi connectivity index (χ0v) is 12.0. The first-order valence-electron chi connectivity index (χ1n) is 6.22. The smallest absolute Gasteiger partial charge is 0.314 e. The van der Waals surface area contributed by atoms with Crippen LogP contribution in [-0.2, 0) is 4.79 Å². The van der Waals surface area contributed by atoms with Crippen LogP contribution in [0.25, 0.3) is 0 Å². The zero-order valence-electron chi connectivity index (χ0n) is 12.0. The molecular formula is C14H18N2O4. The molecule has 2 atom stereocenters. The predicted molar refractivity (Wildman–Crippen MR) is 74.3 cm³/mol. The van der Waals surface area contributed by atoms with E-state index in [1.54, 1.807) is 39.3 Å². The summed E-state index contributed by atoms with van der Waals surface area (Å²) in [6, 6.07) is 5.03. The number of carbonyl (C=O) groups is 1. The van der Waals surface area contributed by atoms with Gasteiger partial charge in [-0.05, 0) is 13.0 Å². The van der Waals surface area contributed by atoms with Gasteiger partial charge in [-0.3, -0.25) is 9.80 Å².